The van der Waals surface area contributed by atoms with Crippen LogP contribution in [0.2, 0.25) is 0 Å². The van der Waals surface area contributed by atoms with Crippen molar-refractivity contribution in [1.29, 1.82) is 0 Å². The minimum absolute atomic E-state index is 0.0845. The Morgan fingerprint density at radius 2 is 2.08 bits per heavy atom. The van der Waals surface area contributed by atoms with Gasteiger partial charge in [-0.3, -0.25) is 9.59 Å². The van der Waals surface area contributed by atoms with Crippen molar-refractivity contribution < 1.29 is 4.79 Å². The van der Waals surface area contributed by atoms with Gasteiger partial charge in [0.25, 0.3) is 11.5 Å². The molecule has 3 aromatic rings. The average molecular weight is 323 g/mol. The molecule has 24 heavy (non-hydrogen) atoms. The highest BCUT2D eigenvalue weighted by Crippen LogP contribution is 2.31. The molecule has 1 fully saturated rings. The number of fused-ring (bicyclic) bond motifs is 1. The molecule has 3 heterocycles. The summed E-state index contributed by atoms with van der Waals surface area (Å²) in [7, 11) is 0. The molecule has 1 aromatic carbocycles. The van der Waals surface area contributed by atoms with Crippen LogP contribution < -0.4 is 5.56 Å². The van der Waals surface area contributed by atoms with E-state index in [1.807, 2.05) is 6.92 Å². The Hall–Kier alpha value is -2.96. The van der Waals surface area contributed by atoms with Crippen molar-refractivity contribution in [3.8, 4) is 0 Å². The summed E-state index contributed by atoms with van der Waals surface area (Å²) in [6.07, 6.45) is 3.54. The van der Waals surface area contributed by atoms with Gasteiger partial charge in [0.2, 0.25) is 0 Å². The van der Waals surface area contributed by atoms with Gasteiger partial charge in [0, 0.05) is 23.8 Å². The second-order valence-corrected chi connectivity index (χ2v) is 6.05. The van der Waals surface area contributed by atoms with Crippen LogP contribution in [-0.2, 0) is 0 Å². The van der Waals surface area contributed by atoms with Crippen LogP contribution >= 0.6 is 0 Å². The number of carbonyl (C=O) groups excluding carboxylic acids is 1. The fraction of sp³-hybridized carbons (Fsp3) is 0.294. The number of rotatable bonds is 2. The zero-order valence-electron chi connectivity index (χ0n) is 13.2. The average Bonchev–Trinajstić information content (AvgIpc) is 3.23. The van der Waals surface area contributed by atoms with Gasteiger partial charge in [-0.1, -0.05) is 18.2 Å². The third-order valence-corrected chi connectivity index (χ3v) is 4.45. The Morgan fingerprint density at radius 3 is 2.83 bits per heavy atom. The van der Waals surface area contributed by atoms with Crippen LogP contribution in [0.1, 0.15) is 40.9 Å². The first-order valence-electron chi connectivity index (χ1n) is 7.95. The topological polar surface area (TPSA) is 94.7 Å². The molecule has 0 bridgehead atoms. The van der Waals surface area contributed by atoms with Crippen LogP contribution in [0.25, 0.3) is 10.8 Å². The van der Waals surface area contributed by atoms with Crippen molar-refractivity contribution in [3.63, 3.8) is 0 Å². The predicted molar refractivity (Wildman–Crippen MR) is 88.7 cm³/mol. The Balaban J connectivity index is 1.76. The monoisotopic (exact) mass is 323 g/mol. The second kappa shape index (κ2) is 5.59. The summed E-state index contributed by atoms with van der Waals surface area (Å²) in [5, 5.41) is 7.50. The van der Waals surface area contributed by atoms with Crippen LogP contribution in [0.4, 0.5) is 0 Å². The normalized spacial score (nSPS) is 17.5. The molecular formula is C17H17N5O2. The van der Waals surface area contributed by atoms with Crippen molar-refractivity contribution >= 4 is 16.7 Å². The number of benzene rings is 1. The minimum atomic E-state index is -0.290. The highest BCUT2D eigenvalue weighted by atomic mass is 16.2. The summed E-state index contributed by atoms with van der Waals surface area (Å²) in [6, 6.07) is 6.95. The molecule has 2 N–H and O–H groups in total. The zero-order chi connectivity index (χ0) is 16.7. The molecule has 1 aliphatic rings. The lowest BCUT2D eigenvalue weighted by molar-refractivity contribution is 0.0725. The number of carbonyl (C=O) groups is 1. The van der Waals surface area contributed by atoms with E-state index in [-0.39, 0.29) is 23.2 Å². The number of aryl methyl sites for hydroxylation is 1. The molecule has 2 aromatic heterocycles. The first kappa shape index (κ1) is 14.6. The molecule has 0 spiro atoms. The molecule has 7 nitrogen and oxygen atoms in total. The fourth-order valence-electron chi connectivity index (χ4n) is 3.31. The van der Waals surface area contributed by atoms with Gasteiger partial charge in [-0.25, -0.2) is 10.1 Å². The molecule has 0 aliphatic carbocycles. The Bertz CT molecular complexity index is 974. The Kier molecular flexibility index (Phi) is 3.41. The van der Waals surface area contributed by atoms with Gasteiger partial charge in [0.05, 0.1) is 11.4 Å². The van der Waals surface area contributed by atoms with E-state index in [2.05, 4.69) is 20.2 Å². The number of aromatic amines is 2. The number of nitrogens with zero attached hydrogens (tertiary/aromatic N) is 3. The maximum Gasteiger partial charge on any atom is 0.275 e. The molecule has 1 atom stereocenters. The summed E-state index contributed by atoms with van der Waals surface area (Å²) in [4.78, 5) is 34.3. The maximum atomic E-state index is 13.1. The molecular weight excluding hydrogens is 306 g/mol. The smallest absolute Gasteiger partial charge is 0.275 e. The molecule has 1 amide bonds. The van der Waals surface area contributed by atoms with Gasteiger partial charge in [-0.2, -0.15) is 5.10 Å². The largest absolute Gasteiger partial charge is 0.344 e. The Morgan fingerprint density at radius 1 is 1.29 bits per heavy atom. The van der Waals surface area contributed by atoms with Gasteiger partial charge in [0.15, 0.2) is 5.69 Å². The predicted octanol–water partition coefficient (Wildman–Crippen LogP) is 1.93. The number of likely N-dealkylation sites (tertiary alicyclic amines) is 1. The summed E-state index contributed by atoms with van der Waals surface area (Å²) in [5.41, 5.74) is 0.957. The summed E-state index contributed by atoms with van der Waals surface area (Å²) in [5.74, 6) is 0.617. The van der Waals surface area contributed by atoms with E-state index < -0.39 is 0 Å². The van der Waals surface area contributed by atoms with Crippen LogP contribution in [0, 0.1) is 6.92 Å². The quantitative estimate of drug-likeness (QED) is 0.753. The van der Waals surface area contributed by atoms with E-state index >= 15 is 0 Å². The minimum Gasteiger partial charge on any atom is -0.344 e. The van der Waals surface area contributed by atoms with Crippen LogP contribution in [0.5, 0.6) is 0 Å². The number of amides is 1. The second-order valence-electron chi connectivity index (χ2n) is 6.05. The van der Waals surface area contributed by atoms with Gasteiger partial charge in [-0.05, 0) is 25.8 Å². The van der Waals surface area contributed by atoms with E-state index in [1.165, 1.54) is 0 Å². The molecule has 1 aliphatic heterocycles. The van der Waals surface area contributed by atoms with Crippen molar-refractivity contribution in [3.05, 3.63) is 58.0 Å². The van der Waals surface area contributed by atoms with E-state index in [1.54, 1.807) is 35.4 Å². The van der Waals surface area contributed by atoms with E-state index in [0.717, 1.165) is 24.4 Å². The van der Waals surface area contributed by atoms with Crippen LogP contribution in [-0.4, -0.2) is 37.5 Å². The molecule has 1 saturated heterocycles. The van der Waals surface area contributed by atoms with E-state index in [0.29, 0.717) is 17.3 Å². The van der Waals surface area contributed by atoms with E-state index in [4.69, 9.17) is 0 Å². The van der Waals surface area contributed by atoms with Crippen molar-refractivity contribution in [1.82, 2.24) is 25.1 Å². The van der Waals surface area contributed by atoms with Gasteiger partial charge < -0.3 is 9.88 Å². The molecule has 0 saturated carbocycles. The third kappa shape index (κ3) is 2.29. The highest BCUT2D eigenvalue weighted by molar-refractivity contribution is 6.04. The summed E-state index contributed by atoms with van der Waals surface area (Å²) >= 11 is 0. The molecule has 1 unspecified atom stereocenters. The van der Waals surface area contributed by atoms with Crippen molar-refractivity contribution in [2.45, 2.75) is 25.8 Å². The maximum absolute atomic E-state index is 13.1. The van der Waals surface area contributed by atoms with Gasteiger partial charge in [0.1, 0.15) is 5.82 Å². The Labute approximate surface area is 137 Å². The fourth-order valence-corrected chi connectivity index (χ4v) is 3.31. The first-order valence-corrected chi connectivity index (χ1v) is 7.95. The number of H-pyrrole nitrogens is 2. The van der Waals surface area contributed by atoms with Crippen molar-refractivity contribution in [2.24, 2.45) is 0 Å². The lowest BCUT2D eigenvalue weighted by Crippen LogP contribution is -2.32. The molecule has 0 radical (unpaired) electrons. The van der Waals surface area contributed by atoms with Crippen LogP contribution in [0.15, 0.2) is 35.3 Å². The van der Waals surface area contributed by atoms with Gasteiger partial charge >= 0.3 is 0 Å². The standard InChI is InChI=1S/C17H17N5O2/c1-10-9-18-15(19-10)13-7-4-8-22(13)17(24)14-11-5-2-3-6-12(11)16(23)21-20-14/h2-3,5-6,9,13H,4,7-8H2,1H3,(H,18,19)(H,21,23). The number of hydrogen-bond donors (Lipinski definition) is 2. The molecule has 4 rings (SSSR count). The third-order valence-electron chi connectivity index (χ3n) is 4.45. The van der Waals surface area contributed by atoms with E-state index in [9.17, 15) is 9.59 Å². The van der Waals surface area contributed by atoms with Gasteiger partial charge in [-0.15, -0.1) is 0 Å². The molecule has 122 valence electrons. The molecule has 7 heteroatoms. The summed E-state index contributed by atoms with van der Waals surface area (Å²) < 4.78 is 0. The first-order chi connectivity index (χ1) is 11.6. The lowest BCUT2D eigenvalue weighted by Gasteiger charge is -2.23. The van der Waals surface area contributed by atoms with Crippen molar-refractivity contribution in [2.75, 3.05) is 6.54 Å². The number of imidazole rings is 1. The number of aromatic nitrogens is 4. The lowest BCUT2D eigenvalue weighted by atomic mass is 10.1. The number of nitrogens with one attached hydrogen (secondary N) is 2. The number of hydrogen-bond acceptors (Lipinski definition) is 4. The highest BCUT2D eigenvalue weighted by Gasteiger charge is 2.33. The van der Waals surface area contributed by atoms with Crippen LogP contribution in [0.3, 0.4) is 0 Å². The summed E-state index contributed by atoms with van der Waals surface area (Å²) in [6.45, 7) is 2.59. The SMILES string of the molecule is Cc1cnc(C2CCCN2C(=O)c2n[nH]c(=O)c3ccccc23)[nH]1. The zero-order valence-corrected chi connectivity index (χ0v) is 13.2.